The predicted octanol–water partition coefficient (Wildman–Crippen LogP) is 3.70. The van der Waals surface area contributed by atoms with Gasteiger partial charge in [0.05, 0.1) is 5.69 Å². The highest BCUT2D eigenvalue weighted by Gasteiger charge is 2.10. The topological polar surface area (TPSA) is 40.2 Å². The molecule has 0 aliphatic rings. The largest absolute Gasteiger partial charge is 0.487 e. The van der Waals surface area contributed by atoms with E-state index in [4.69, 9.17) is 10.5 Å². The van der Waals surface area contributed by atoms with E-state index in [1.54, 1.807) is 0 Å². The van der Waals surface area contributed by atoms with Crippen LogP contribution in [0.4, 0.5) is 0 Å². The molecule has 0 saturated heterocycles. The average Bonchev–Trinajstić information content (AvgIpc) is 2.91. The lowest BCUT2D eigenvalue weighted by atomic mass is 10.1. The van der Waals surface area contributed by atoms with Crippen LogP contribution in [0.1, 0.15) is 18.2 Å². The molecule has 0 amide bonds. The third-order valence-electron chi connectivity index (χ3n) is 3.79. The van der Waals surface area contributed by atoms with E-state index in [-0.39, 0.29) is 0 Å². The van der Waals surface area contributed by atoms with E-state index < -0.39 is 0 Å². The van der Waals surface area contributed by atoms with Gasteiger partial charge in [0, 0.05) is 24.0 Å². The highest BCUT2D eigenvalue weighted by Crippen LogP contribution is 2.24. The number of aromatic nitrogens is 1. The minimum absolute atomic E-state index is 0.560. The molecule has 1 aromatic heterocycles. The number of nitrogens with zero attached hydrogens (tertiary/aromatic N) is 1. The molecule has 0 fully saturated rings. The summed E-state index contributed by atoms with van der Waals surface area (Å²) in [6.07, 6.45) is 0. The number of aryl methyl sites for hydroxylation is 1. The lowest BCUT2D eigenvalue weighted by Crippen LogP contribution is -2.04. The highest BCUT2D eigenvalue weighted by atomic mass is 16.5. The van der Waals surface area contributed by atoms with Crippen LogP contribution in [-0.2, 0) is 19.7 Å². The van der Waals surface area contributed by atoms with E-state index in [9.17, 15) is 0 Å². The molecule has 0 aliphatic carbocycles. The Labute approximate surface area is 125 Å². The molecular formula is C18H20N2O. The SMILES string of the molecule is CCn1c(COc2ccccc2)cc2c(CN)cccc21. The van der Waals surface area contributed by atoms with Crippen molar-refractivity contribution in [2.24, 2.45) is 5.73 Å². The minimum atomic E-state index is 0.560. The summed E-state index contributed by atoms with van der Waals surface area (Å²) in [5, 5.41) is 1.23. The fourth-order valence-corrected chi connectivity index (χ4v) is 2.75. The van der Waals surface area contributed by atoms with Gasteiger partial charge in [0.25, 0.3) is 0 Å². The van der Waals surface area contributed by atoms with Crippen molar-refractivity contribution in [1.82, 2.24) is 4.57 Å². The van der Waals surface area contributed by atoms with Crippen molar-refractivity contribution in [3.8, 4) is 5.75 Å². The molecule has 3 nitrogen and oxygen atoms in total. The molecule has 0 radical (unpaired) electrons. The molecule has 3 rings (SSSR count). The van der Waals surface area contributed by atoms with Crippen LogP contribution >= 0.6 is 0 Å². The Hall–Kier alpha value is -2.26. The number of hydrogen-bond donors (Lipinski definition) is 1. The maximum absolute atomic E-state index is 5.89. The standard InChI is InChI=1S/C18H20N2O/c1-2-20-15(13-21-16-8-4-3-5-9-16)11-17-14(12-19)7-6-10-18(17)20/h3-11H,2,12-13,19H2,1H3. The van der Waals surface area contributed by atoms with Gasteiger partial charge in [-0.05, 0) is 36.8 Å². The molecule has 2 N–H and O–H groups in total. The first kappa shape index (κ1) is 13.7. The quantitative estimate of drug-likeness (QED) is 0.774. The molecule has 1 heterocycles. The van der Waals surface area contributed by atoms with Crippen LogP contribution in [-0.4, -0.2) is 4.57 Å². The summed E-state index contributed by atoms with van der Waals surface area (Å²) in [7, 11) is 0. The van der Waals surface area contributed by atoms with E-state index in [0.717, 1.165) is 12.3 Å². The zero-order valence-electron chi connectivity index (χ0n) is 12.3. The van der Waals surface area contributed by atoms with Crippen molar-refractivity contribution in [3.05, 3.63) is 65.9 Å². The summed E-state index contributed by atoms with van der Waals surface area (Å²) in [6.45, 7) is 4.20. The van der Waals surface area contributed by atoms with Crippen LogP contribution in [0.5, 0.6) is 5.75 Å². The summed E-state index contributed by atoms with van der Waals surface area (Å²) >= 11 is 0. The van der Waals surface area contributed by atoms with Crippen LogP contribution < -0.4 is 10.5 Å². The fraction of sp³-hybridized carbons (Fsp3) is 0.222. The second-order valence-electron chi connectivity index (χ2n) is 5.04. The van der Waals surface area contributed by atoms with Gasteiger partial charge in [0.2, 0.25) is 0 Å². The van der Waals surface area contributed by atoms with Crippen LogP contribution in [0, 0.1) is 0 Å². The number of benzene rings is 2. The predicted molar refractivity (Wildman–Crippen MR) is 86.3 cm³/mol. The van der Waals surface area contributed by atoms with Gasteiger partial charge in [-0.3, -0.25) is 0 Å². The molecule has 0 saturated carbocycles. The minimum Gasteiger partial charge on any atom is -0.487 e. The average molecular weight is 280 g/mol. The second-order valence-corrected chi connectivity index (χ2v) is 5.04. The Bertz CT molecular complexity index is 732. The van der Waals surface area contributed by atoms with E-state index in [1.165, 1.54) is 22.2 Å². The number of rotatable bonds is 5. The number of fused-ring (bicyclic) bond motifs is 1. The van der Waals surface area contributed by atoms with E-state index in [2.05, 4.69) is 35.8 Å². The molecule has 0 bridgehead atoms. The van der Waals surface area contributed by atoms with Crippen molar-refractivity contribution in [1.29, 1.82) is 0 Å². The first-order valence-electron chi connectivity index (χ1n) is 7.31. The van der Waals surface area contributed by atoms with Gasteiger partial charge >= 0.3 is 0 Å². The molecule has 0 spiro atoms. The van der Waals surface area contributed by atoms with Crippen molar-refractivity contribution in [3.63, 3.8) is 0 Å². The number of ether oxygens (including phenoxy) is 1. The zero-order valence-corrected chi connectivity index (χ0v) is 12.3. The normalized spacial score (nSPS) is 11.0. The maximum Gasteiger partial charge on any atom is 0.128 e. The molecule has 3 aromatic rings. The van der Waals surface area contributed by atoms with Gasteiger partial charge in [-0.15, -0.1) is 0 Å². The van der Waals surface area contributed by atoms with Crippen molar-refractivity contribution < 1.29 is 4.74 Å². The second kappa shape index (κ2) is 6.02. The molecule has 3 heteroatoms. The lowest BCUT2D eigenvalue weighted by Gasteiger charge is -2.09. The van der Waals surface area contributed by atoms with Crippen molar-refractivity contribution in [2.75, 3.05) is 0 Å². The van der Waals surface area contributed by atoms with Crippen LogP contribution in [0.2, 0.25) is 0 Å². The molecule has 0 atom stereocenters. The summed E-state index contributed by atoms with van der Waals surface area (Å²) in [6, 6.07) is 18.4. The smallest absolute Gasteiger partial charge is 0.128 e. The number of para-hydroxylation sites is 1. The summed E-state index contributed by atoms with van der Waals surface area (Å²) in [5.41, 5.74) is 9.43. The first-order valence-corrected chi connectivity index (χ1v) is 7.31. The highest BCUT2D eigenvalue weighted by molar-refractivity contribution is 5.84. The Morgan fingerprint density at radius 2 is 1.86 bits per heavy atom. The number of hydrogen-bond acceptors (Lipinski definition) is 2. The Kier molecular flexibility index (Phi) is 3.93. The lowest BCUT2D eigenvalue weighted by molar-refractivity contribution is 0.296. The van der Waals surface area contributed by atoms with Crippen molar-refractivity contribution >= 4 is 10.9 Å². The Morgan fingerprint density at radius 1 is 1.05 bits per heavy atom. The summed E-state index contributed by atoms with van der Waals surface area (Å²) in [5.74, 6) is 0.893. The van der Waals surface area contributed by atoms with E-state index >= 15 is 0 Å². The molecular weight excluding hydrogens is 260 g/mol. The zero-order chi connectivity index (χ0) is 14.7. The number of nitrogens with two attached hydrogens (primary N) is 1. The van der Waals surface area contributed by atoms with Gasteiger partial charge in [-0.25, -0.2) is 0 Å². The summed E-state index contributed by atoms with van der Waals surface area (Å²) in [4.78, 5) is 0. The van der Waals surface area contributed by atoms with Gasteiger partial charge < -0.3 is 15.0 Å². The molecule has 108 valence electrons. The van der Waals surface area contributed by atoms with Crippen molar-refractivity contribution in [2.45, 2.75) is 26.6 Å². The Morgan fingerprint density at radius 3 is 2.57 bits per heavy atom. The fourth-order valence-electron chi connectivity index (χ4n) is 2.75. The van der Waals surface area contributed by atoms with Crippen LogP contribution in [0.15, 0.2) is 54.6 Å². The summed E-state index contributed by atoms with van der Waals surface area (Å²) < 4.78 is 8.17. The third kappa shape index (κ3) is 2.65. The van der Waals surface area contributed by atoms with Gasteiger partial charge in [0.1, 0.15) is 12.4 Å². The molecule has 21 heavy (non-hydrogen) atoms. The van der Waals surface area contributed by atoms with Crippen LogP contribution in [0.3, 0.4) is 0 Å². The molecule has 2 aromatic carbocycles. The Balaban J connectivity index is 1.94. The van der Waals surface area contributed by atoms with E-state index in [0.29, 0.717) is 13.2 Å². The monoisotopic (exact) mass is 280 g/mol. The van der Waals surface area contributed by atoms with Gasteiger partial charge in [0.15, 0.2) is 0 Å². The van der Waals surface area contributed by atoms with Gasteiger partial charge in [-0.1, -0.05) is 30.3 Å². The molecule has 0 aliphatic heterocycles. The van der Waals surface area contributed by atoms with Crippen LogP contribution in [0.25, 0.3) is 10.9 Å². The maximum atomic E-state index is 5.89. The molecule has 0 unspecified atom stereocenters. The van der Waals surface area contributed by atoms with E-state index in [1.807, 2.05) is 30.3 Å². The van der Waals surface area contributed by atoms with Gasteiger partial charge in [-0.2, -0.15) is 0 Å². The first-order chi connectivity index (χ1) is 10.3. The third-order valence-corrected chi connectivity index (χ3v) is 3.79.